The minimum absolute atomic E-state index is 0.00115. The van der Waals surface area contributed by atoms with E-state index in [0.29, 0.717) is 11.1 Å². The second-order valence-corrected chi connectivity index (χ2v) is 12.2. The lowest BCUT2D eigenvalue weighted by atomic mass is 9.99. The van der Waals surface area contributed by atoms with Gasteiger partial charge in [-0.1, -0.05) is 12.1 Å². The number of hydrogen-bond acceptors (Lipinski definition) is 6. The van der Waals surface area contributed by atoms with Gasteiger partial charge in [-0.2, -0.15) is 5.10 Å². The summed E-state index contributed by atoms with van der Waals surface area (Å²) in [7, 11) is 0.623. The lowest BCUT2D eigenvalue weighted by Gasteiger charge is -2.10. The van der Waals surface area contributed by atoms with Crippen LogP contribution in [0.15, 0.2) is 73.2 Å². The van der Waals surface area contributed by atoms with Crippen molar-refractivity contribution < 1.29 is 12.8 Å². The standard InChI is InChI=1S/C30H28FN7O2S/c1-38(2)17-19-8-21(15-32-13-19)27-12-25-29(16-33-27)36-37-30(25)28-11-24-23(5-4-6-26(24)35-28)20-7-18(9-22(31)10-20)14-34-41(3,39)40/h4-13,15-16,34-35H,14,17H2,1-3H3,(H,36,37). The highest BCUT2D eigenvalue weighted by Crippen LogP contribution is 2.35. The molecule has 0 bridgehead atoms. The maximum Gasteiger partial charge on any atom is 0.209 e. The van der Waals surface area contributed by atoms with Gasteiger partial charge in [0.25, 0.3) is 0 Å². The van der Waals surface area contributed by atoms with Gasteiger partial charge in [0.2, 0.25) is 10.0 Å². The monoisotopic (exact) mass is 569 g/mol. The van der Waals surface area contributed by atoms with Crippen molar-refractivity contribution in [3.8, 4) is 33.8 Å². The molecule has 9 nitrogen and oxygen atoms in total. The molecule has 0 fully saturated rings. The number of aromatic amines is 2. The highest BCUT2D eigenvalue weighted by atomic mass is 32.2. The van der Waals surface area contributed by atoms with E-state index in [0.717, 1.165) is 68.4 Å². The van der Waals surface area contributed by atoms with Crippen LogP contribution in [0, 0.1) is 5.82 Å². The van der Waals surface area contributed by atoms with E-state index < -0.39 is 15.8 Å². The molecule has 4 heterocycles. The fourth-order valence-electron chi connectivity index (χ4n) is 5.02. The van der Waals surface area contributed by atoms with Crippen molar-refractivity contribution in [2.24, 2.45) is 0 Å². The predicted molar refractivity (Wildman–Crippen MR) is 159 cm³/mol. The van der Waals surface area contributed by atoms with Gasteiger partial charge in [-0.25, -0.2) is 17.5 Å². The van der Waals surface area contributed by atoms with Crippen molar-refractivity contribution in [3.05, 3.63) is 90.1 Å². The zero-order chi connectivity index (χ0) is 28.7. The Morgan fingerprint density at radius 3 is 2.56 bits per heavy atom. The number of benzene rings is 2. The molecule has 2 aromatic carbocycles. The minimum atomic E-state index is -3.41. The average Bonchev–Trinajstić information content (AvgIpc) is 3.54. The molecule has 0 saturated heterocycles. The Morgan fingerprint density at radius 1 is 0.927 bits per heavy atom. The van der Waals surface area contributed by atoms with E-state index in [1.165, 1.54) is 12.1 Å². The lowest BCUT2D eigenvalue weighted by molar-refractivity contribution is 0.402. The van der Waals surface area contributed by atoms with Gasteiger partial charge in [0.1, 0.15) is 11.5 Å². The maximum atomic E-state index is 14.6. The maximum absolute atomic E-state index is 14.6. The molecule has 0 aliphatic carbocycles. The molecule has 0 aliphatic heterocycles. The van der Waals surface area contributed by atoms with Crippen LogP contribution in [0.1, 0.15) is 11.1 Å². The molecule has 0 radical (unpaired) electrons. The molecule has 0 amide bonds. The van der Waals surface area contributed by atoms with Crippen molar-refractivity contribution in [2.45, 2.75) is 13.1 Å². The molecule has 0 aliphatic rings. The topological polar surface area (TPSA) is 120 Å². The first-order chi connectivity index (χ1) is 19.6. The van der Waals surface area contributed by atoms with Crippen LogP contribution in [0.25, 0.3) is 55.6 Å². The van der Waals surface area contributed by atoms with E-state index in [1.807, 2.05) is 50.6 Å². The molecule has 6 rings (SSSR count). The summed E-state index contributed by atoms with van der Waals surface area (Å²) in [5.74, 6) is -0.442. The molecular formula is C30H28FN7O2S. The number of hydrogen-bond donors (Lipinski definition) is 3. The Kier molecular flexibility index (Phi) is 6.86. The number of rotatable bonds is 8. The van der Waals surface area contributed by atoms with Crippen LogP contribution in [-0.2, 0) is 23.1 Å². The minimum Gasteiger partial charge on any atom is -0.353 e. The number of sulfonamides is 1. The molecule has 11 heteroatoms. The van der Waals surface area contributed by atoms with Gasteiger partial charge in [0.05, 0.1) is 29.4 Å². The Morgan fingerprint density at radius 2 is 1.76 bits per heavy atom. The zero-order valence-corrected chi connectivity index (χ0v) is 23.6. The summed E-state index contributed by atoms with van der Waals surface area (Å²) in [6.45, 7) is 0.777. The molecule has 3 N–H and O–H groups in total. The van der Waals surface area contributed by atoms with Crippen LogP contribution in [-0.4, -0.2) is 58.8 Å². The number of pyridine rings is 2. The third-order valence-corrected chi connectivity index (χ3v) is 7.43. The molecule has 6 aromatic rings. The zero-order valence-electron chi connectivity index (χ0n) is 22.7. The smallest absolute Gasteiger partial charge is 0.209 e. The van der Waals surface area contributed by atoms with Gasteiger partial charge in [-0.05, 0) is 78.8 Å². The second kappa shape index (κ2) is 10.5. The van der Waals surface area contributed by atoms with E-state index in [1.54, 1.807) is 18.5 Å². The van der Waals surface area contributed by atoms with Crippen molar-refractivity contribution in [1.82, 2.24) is 34.8 Å². The molecule has 0 unspecified atom stereocenters. The Labute approximate surface area is 236 Å². The van der Waals surface area contributed by atoms with Gasteiger partial charge in [-0.15, -0.1) is 0 Å². The Hall–Kier alpha value is -4.45. The number of fused-ring (bicyclic) bond motifs is 2. The van der Waals surface area contributed by atoms with E-state index in [2.05, 4.69) is 40.8 Å². The average molecular weight is 570 g/mol. The number of nitrogens with zero attached hydrogens (tertiary/aromatic N) is 4. The Bertz CT molecular complexity index is 2010. The van der Waals surface area contributed by atoms with Gasteiger partial charge in [0.15, 0.2) is 0 Å². The fourth-order valence-corrected chi connectivity index (χ4v) is 5.44. The van der Waals surface area contributed by atoms with Crippen molar-refractivity contribution in [3.63, 3.8) is 0 Å². The van der Waals surface area contributed by atoms with Crippen LogP contribution in [0.5, 0.6) is 0 Å². The van der Waals surface area contributed by atoms with E-state index in [4.69, 9.17) is 0 Å². The van der Waals surface area contributed by atoms with Gasteiger partial charge in [-0.3, -0.25) is 15.1 Å². The van der Waals surface area contributed by atoms with Crippen LogP contribution in [0.4, 0.5) is 4.39 Å². The van der Waals surface area contributed by atoms with Crippen molar-refractivity contribution >= 4 is 31.8 Å². The van der Waals surface area contributed by atoms with Crippen LogP contribution in [0.3, 0.4) is 0 Å². The van der Waals surface area contributed by atoms with Crippen LogP contribution >= 0.6 is 0 Å². The summed E-state index contributed by atoms with van der Waals surface area (Å²) < 4.78 is 40.1. The SMILES string of the molecule is CN(C)Cc1cncc(-c2cc3c(-c4cc5c(-c6cc(F)cc(CNS(C)(=O)=O)c6)cccc5[nH]4)n[nH]c3cn2)c1. The first-order valence-corrected chi connectivity index (χ1v) is 14.8. The summed E-state index contributed by atoms with van der Waals surface area (Å²) in [4.78, 5) is 14.6. The number of halogens is 1. The summed E-state index contributed by atoms with van der Waals surface area (Å²) in [6, 6.07) is 16.4. The number of aromatic nitrogens is 5. The third kappa shape index (κ3) is 5.73. The molecule has 208 valence electrons. The van der Waals surface area contributed by atoms with Crippen molar-refractivity contribution in [1.29, 1.82) is 0 Å². The van der Waals surface area contributed by atoms with Gasteiger partial charge >= 0.3 is 0 Å². The molecular weight excluding hydrogens is 541 g/mol. The summed E-state index contributed by atoms with van der Waals surface area (Å²) in [5.41, 5.74) is 8.00. The largest absolute Gasteiger partial charge is 0.353 e. The third-order valence-electron chi connectivity index (χ3n) is 6.76. The van der Waals surface area contributed by atoms with E-state index in [9.17, 15) is 12.8 Å². The molecule has 41 heavy (non-hydrogen) atoms. The highest BCUT2D eigenvalue weighted by Gasteiger charge is 2.16. The normalized spacial score (nSPS) is 12.1. The van der Waals surface area contributed by atoms with Gasteiger partial charge < -0.3 is 9.88 Å². The first kappa shape index (κ1) is 26.8. The Balaban J connectivity index is 1.40. The number of H-pyrrole nitrogens is 2. The van der Waals surface area contributed by atoms with E-state index in [-0.39, 0.29) is 6.54 Å². The molecule has 0 atom stereocenters. The molecule has 0 spiro atoms. The van der Waals surface area contributed by atoms with Crippen LogP contribution in [0.2, 0.25) is 0 Å². The molecule has 4 aromatic heterocycles. The van der Waals surface area contributed by atoms with Gasteiger partial charge in [0, 0.05) is 47.3 Å². The fraction of sp³-hybridized carbons (Fsp3) is 0.167. The second-order valence-electron chi connectivity index (χ2n) is 10.4. The summed E-state index contributed by atoms with van der Waals surface area (Å²) in [6.07, 6.45) is 6.51. The van der Waals surface area contributed by atoms with Crippen molar-refractivity contribution in [2.75, 3.05) is 20.4 Å². The summed E-state index contributed by atoms with van der Waals surface area (Å²) >= 11 is 0. The van der Waals surface area contributed by atoms with E-state index >= 15 is 0 Å². The quantitative estimate of drug-likeness (QED) is 0.235. The highest BCUT2D eigenvalue weighted by molar-refractivity contribution is 7.88. The molecule has 0 saturated carbocycles. The predicted octanol–water partition coefficient (Wildman–Crippen LogP) is 5.09. The lowest BCUT2D eigenvalue weighted by Crippen LogP contribution is -2.21. The van der Waals surface area contributed by atoms with Crippen LogP contribution < -0.4 is 4.72 Å². The first-order valence-electron chi connectivity index (χ1n) is 12.9. The number of nitrogens with one attached hydrogen (secondary N) is 3. The summed E-state index contributed by atoms with van der Waals surface area (Å²) in [5, 5.41) is 9.45.